The number of nitrogens with zero attached hydrogens (tertiary/aromatic N) is 4. The van der Waals surface area contributed by atoms with Gasteiger partial charge in [0.1, 0.15) is 12.2 Å². The van der Waals surface area contributed by atoms with E-state index in [0.717, 1.165) is 12.8 Å². The predicted octanol–water partition coefficient (Wildman–Crippen LogP) is 1.83. The van der Waals surface area contributed by atoms with Crippen molar-refractivity contribution in [1.29, 1.82) is 0 Å². The third kappa shape index (κ3) is 2.84. The van der Waals surface area contributed by atoms with E-state index in [1.165, 1.54) is 12.4 Å². The van der Waals surface area contributed by atoms with Crippen molar-refractivity contribution in [2.45, 2.75) is 31.1 Å². The Morgan fingerprint density at radius 2 is 2.04 bits per heavy atom. The van der Waals surface area contributed by atoms with E-state index in [9.17, 15) is 4.39 Å². The van der Waals surface area contributed by atoms with Crippen molar-refractivity contribution in [2.75, 3.05) is 18.1 Å². The standard InChI is InChI=1S/C16H17FN4O2/c17-11-9-19-16(20-10-11)21-7-8-22-15-12(21)4-5-13(15)23-14-3-1-2-6-18-14/h1-3,6,9-10,12-13,15H,4-5,7-8H2/t12-,13-,15+/m1/s1. The number of hydrogen-bond acceptors (Lipinski definition) is 6. The molecule has 1 saturated heterocycles. The van der Waals surface area contributed by atoms with Crippen LogP contribution in [0.5, 0.6) is 5.88 Å². The zero-order valence-corrected chi connectivity index (χ0v) is 12.5. The molecule has 0 aromatic carbocycles. The van der Waals surface area contributed by atoms with Crippen molar-refractivity contribution in [3.8, 4) is 5.88 Å². The molecule has 0 radical (unpaired) electrons. The number of aromatic nitrogens is 3. The van der Waals surface area contributed by atoms with Gasteiger partial charge in [-0.25, -0.2) is 19.3 Å². The van der Waals surface area contributed by atoms with Gasteiger partial charge in [0.25, 0.3) is 0 Å². The van der Waals surface area contributed by atoms with Gasteiger partial charge in [-0.1, -0.05) is 6.07 Å². The van der Waals surface area contributed by atoms with E-state index in [2.05, 4.69) is 19.9 Å². The molecular weight excluding hydrogens is 299 g/mol. The normalized spacial score (nSPS) is 26.8. The molecule has 2 aromatic rings. The topological polar surface area (TPSA) is 60.4 Å². The van der Waals surface area contributed by atoms with E-state index in [-0.39, 0.29) is 18.2 Å². The Balaban J connectivity index is 1.51. The molecule has 6 nitrogen and oxygen atoms in total. The molecule has 120 valence electrons. The number of rotatable bonds is 3. The molecule has 0 spiro atoms. The van der Waals surface area contributed by atoms with Crippen molar-refractivity contribution < 1.29 is 13.9 Å². The second-order valence-electron chi connectivity index (χ2n) is 5.70. The van der Waals surface area contributed by atoms with Crippen LogP contribution in [0.2, 0.25) is 0 Å². The van der Waals surface area contributed by atoms with E-state index in [1.54, 1.807) is 6.20 Å². The van der Waals surface area contributed by atoms with Crippen LogP contribution in [0.15, 0.2) is 36.8 Å². The highest BCUT2D eigenvalue weighted by molar-refractivity contribution is 5.33. The number of ether oxygens (including phenoxy) is 2. The van der Waals surface area contributed by atoms with E-state index in [4.69, 9.17) is 9.47 Å². The summed E-state index contributed by atoms with van der Waals surface area (Å²) in [4.78, 5) is 14.5. The molecule has 7 heteroatoms. The summed E-state index contributed by atoms with van der Waals surface area (Å²) >= 11 is 0. The fourth-order valence-corrected chi connectivity index (χ4v) is 3.32. The van der Waals surface area contributed by atoms with E-state index in [1.807, 2.05) is 18.2 Å². The van der Waals surface area contributed by atoms with Crippen LogP contribution in [-0.4, -0.2) is 46.4 Å². The van der Waals surface area contributed by atoms with Gasteiger partial charge in [-0.2, -0.15) is 0 Å². The van der Waals surface area contributed by atoms with Gasteiger partial charge >= 0.3 is 0 Å². The molecule has 2 fully saturated rings. The van der Waals surface area contributed by atoms with Crippen LogP contribution in [0.25, 0.3) is 0 Å². The Kier molecular flexibility index (Phi) is 3.78. The molecule has 1 saturated carbocycles. The fourth-order valence-electron chi connectivity index (χ4n) is 3.32. The second-order valence-corrected chi connectivity index (χ2v) is 5.70. The third-order valence-electron chi connectivity index (χ3n) is 4.31. The first kappa shape index (κ1) is 14.3. The van der Waals surface area contributed by atoms with E-state index >= 15 is 0 Å². The number of hydrogen-bond donors (Lipinski definition) is 0. The van der Waals surface area contributed by atoms with Crippen LogP contribution in [0, 0.1) is 5.82 Å². The Labute approximate surface area is 133 Å². The van der Waals surface area contributed by atoms with E-state index < -0.39 is 5.82 Å². The van der Waals surface area contributed by atoms with E-state index in [0.29, 0.717) is 25.0 Å². The van der Waals surface area contributed by atoms with Gasteiger partial charge in [-0.3, -0.25) is 0 Å². The van der Waals surface area contributed by atoms with Crippen molar-refractivity contribution in [3.05, 3.63) is 42.6 Å². The molecule has 1 aliphatic heterocycles. The molecule has 3 heterocycles. The first-order valence-corrected chi connectivity index (χ1v) is 7.75. The maximum atomic E-state index is 13.0. The highest BCUT2D eigenvalue weighted by Gasteiger charge is 2.45. The smallest absolute Gasteiger partial charge is 0.225 e. The number of fused-ring (bicyclic) bond motifs is 1. The SMILES string of the molecule is Fc1cnc(N2CCO[C@H]3[C@H]2CC[C@H]3Oc2ccccn2)nc1. The summed E-state index contributed by atoms with van der Waals surface area (Å²) in [6.45, 7) is 1.27. The summed E-state index contributed by atoms with van der Waals surface area (Å²) in [6.07, 6.45) is 5.81. The lowest BCUT2D eigenvalue weighted by Crippen LogP contribution is -2.53. The first-order chi connectivity index (χ1) is 11.3. The lowest BCUT2D eigenvalue weighted by Gasteiger charge is -2.38. The predicted molar refractivity (Wildman–Crippen MR) is 80.8 cm³/mol. The average Bonchev–Trinajstić information content (AvgIpc) is 3.00. The van der Waals surface area contributed by atoms with Gasteiger partial charge in [0.15, 0.2) is 5.82 Å². The van der Waals surface area contributed by atoms with Crippen LogP contribution < -0.4 is 9.64 Å². The van der Waals surface area contributed by atoms with Crippen molar-refractivity contribution in [3.63, 3.8) is 0 Å². The van der Waals surface area contributed by atoms with Crippen molar-refractivity contribution in [1.82, 2.24) is 15.0 Å². The summed E-state index contributed by atoms with van der Waals surface area (Å²) < 4.78 is 25.0. The zero-order chi connectivity index (χ0) is 15.6. The Bertz CT molecular complexity index is 655. The monoisotopic (exact) mass is 316 g/mol. The zero-order valence-electron chi connectivity index (χ0n) is 12.5. The number of morpholine rings is 1. The fraction of sp³-hybridized carbons (Fsp3) is 0.438. The molecule has 0 unspecified atom stereocenters. The number of anilines is 1. The van der Waals surface area contributed by atoms with Crippen LogP contribution >= 0.6 is 0 Å². The molecule has 2 aliphatic rings. The summed E-state index contributed by atoms with van der Waals surface area (Å²) in [6, 6.07) is 5.74. The summed E-state index contributed by atoms with van der Waals surface area (Å²) in [5, 5.41) is 0. The molecule has 4 rings (SSSR count). The molecular formula is C16H17FN4O2. The van der Waals surface area contributed by atoms with Gasteiger partial charge in [0, 0.05) is 18.8 Å². The Morgan fingerprint density at radius 3 is 2.83 bits per heavy atom. The van der Waals surface area contributed by atoms with Crippen molar-refractivity contribution in [2.24, 2.45) is 0 Å². The minimum atomic E-state index is -0.429. The minimum Gasteiger partial charge on any atom is -0.471 e. The Morgan fingerprint density at radius 1 is 1.17 bits per heavy atom. The summed E-state index contributed by atoms with van der Waals surface area (Å²) in [7, 11) is 0. The molecule has 23 heavy (non-hydrogen) atoms. The molecule has 0 N–H and O–H groups in total. The largest absolute Gasteiger partial charge is 0.471 e. The van der Waals surface area contributed by atoms with Crippen molar-refractivity contribution >= 4 is 5.95 Å². The number of halogens is 1. The molecule has 2 aromatic heterocycles. The third-order valence-corrected chi connectivity index (χ3v) is 4.31. The van der Waals surface area contributed by atoms with Crippen LogP contribution in [0.3, 0.4) is 0 Å². The number of pyridine rings is 1. The minimum absolute atomic E-state index is 0.0434. The second kappa shape index (κ2) is 6.08. The molecule has 0 bridgehead atoms. The highest BCUT2D eigenvalue weighted by atomic mass is 19.1. The first-order valence-electron chi connectivity index (χ1n) is 7.75. The van der Waals surface area contributed by atoms with Gasteiger partial charge in [0.05, 0.1) is 25.0 Å². The van der Waals surface area contributed by atoms with Crippen LogP contribution in [0.1, 0.15) is 12.8 Å². The van der Waals surface area contributed by atoms with Gasteiger partial charge < -0.3 is 14.4 Å². The summed E-state index contributed by atoms with van der Waals surface area (Å²) in [5.41, 5.74) is 0. The molecule has 1 aliphatic carbocycles. The summed E-state index contributed by atoms with van der Waals surface area (Å²) in [5.74, 6) is 0.724. The van der Waals surface area contributed by atoms with Gasteiger partial charge in [0.2, 0.25) is 11.8 Å². The van der Waals surface area contributed by atoms with Gasteiger partial charge in [-0.15, -0.1) is 0 Å². The van der Waals surface area contributed by atoms with Crippen LogP contribution in [0.4, 0.5) is 10.3 Å². The average molecular weight is 316 g/mol. The van der Waals surface area contributed by atoms with Crippen LogP contribution in [-0.2, 0) is 4.74 Å². The highest BCUT2D eigenvalue weighted by Crippen LogP contribution is 2.34. The molecule has 3 atom stereocenters. The quantitative estimate of drug-likeness (QED) is 0.861. The molecule has 0 amide bonds. The Hall–Kier alpha value is -2.28. The van der Waals surface area contributed by atoms with Gasteiger partial charge in [-0.05, 0) is 18.9 Å². The maximum Gasteiger partial charge on any atom is 0.225 e. The lowest BCUT2D eigenvalue weighted by molar-refractivity contribution is -0.0323. The lowest BCUT2D eigenvalue weighted by atomic mass is 10.1. The maximum absolute atomic E-state index is 13.0.